The molecule has 1 atom stereocenters. The van der Waals surface area contributed by atoms with Crippen LogP contribution in [-0.2, 0) is 9.59 Å². The third-order valence-corrected chi connectivity index (χ3v) is 6.55. The van der Waals surface area contributed by atoms with Gasteiger partial charge >= 0.3 is 0 Å². The zero-order valence-electron chi connectivity index (χ0n) is 21.2. The molecule has 0 radical (unpaired) electrons. The Morgan fingerprint density at radius 3 is 2.09 bits per heavy atom. The molecular weight excluding hydrogens is 440 g/mol. The van der Waals surface area contributed by atoms with E-state index < -0.39 is 17.7 Å². The van der Waals surface area contributed by atoms with Crippen molar-refractivity contribution in [2.45, 2.75) is 52.0 Å². The van der Waals surface area contributed by atoms with E-state index in [2.05, 4.69) is 18.7 Å². The number of nitrogens with zero attached hydrogens (tertiary/aromatic N) is 2. The van der Waals surface area contributed by atoms with Crippen molar-refractivity contribution < 1.29 is 19.4 Å². The molecule has 0 bridgehead atoms. The minimum absolute atomic E-state index is 0.139. The van der Waals surface area contributed by atoms with E-state index in [-0.39, 0.29) is 11.3 Å². The second kappa shape index (κ2) is 13.1. The van der Waals surface area contributed by atoms with Gasteiger partial charge in [0.1, 0.15) is 11.5 Å². The highest BCUT2D eigenvalue weighted by Gasteiger charge is 2.45. The summed E-state index contributed by atoms with van der Waals surface area (Å²) in [6.07, 6.45) is 5.37. The molecule has 1 aliphatic heterocycles. The van der Waals surface area contributed by atoms with Crippen molar-refractivity contribution in [3.63, 3.8) is 0 Å². The molecule has 1 heterocycles. The molecule has 3 rings (SSSR count). The van der Waals surface area contributed by atoms with Crippen LogP contribution in [-0.4, -0.2) is 59.9 Å². The quantitative estimate of drug-likeness (QED) is 0.237. The molecule has 2 aromatic rings. The second-order valence-electron chi connectivity index (χ2n) is 9.03. The number of unbranched alkanes of at least 4 members (excludes halogenated alkanes) is 2. The van der Waals surface area contributed by atoms with Crippen molar-refractivity contribution in [3.8, 4) is 5.75 Å². The number of hydrogen-bond acceptors (Lipinski definition) is 5. The average Bonchev–Trinajstić information content (AvgIpc) is 3.15. The van der Waals surface area contributed by atoms with Crippen molar-refractivity contribution in [1.82, 2.24) is 9.80 Å². The van der Waals surface area contributed by atoms with E-state index in [1.807, 2.05) is 30.3 Å². The van der Waals surface area contributed by atoms with Gasteiger partial charge < -0.3 is 19.6 Å². The lowest BCUT2D eigenvalue weighted by Gasteiger charge is -2.27. The summed E-state index contributed by atoms with van der Waals surface area (Å²) in [6.45, 7) is 7.82. The van der Waals surface area contributed by atoms with Crippen molar-refractivity contribution in [2.24, 2.45) is 0 Å². The molecule has 6 heteroatoms. The zero-order valence-corrected chi connectivity index (χ0v) is 21.2. The Labute approximate surface area is 209 Å². The van der Waals surface area contributed by atoms with Gasteiger partial charge in [-0.3, -0.25) is 9.59 Å². The van der Waals surface area contributed by atoms with Crippen LogP contribution in [0.1, 0.15) is 63.1 Å². The van der Waals surface area contributed by atoms with E-state index in [1.165, 1.54) is 0 Å². The molecular formula is C29H38N2O4. The largest absolute Gasteiger partial charge is 0.507 e. The molecule has 35 heavy (non-hydrogen) atoms. The molecule has 1 amide bonds. The van der Waals surface area contributed by atoms with E-state index in [1.54, 1.807) is 36.3 Å². The number of amides is 1. The van der Waals surface area contributed by atoms with Gasteiger partial charge in [0.05, 0.1) is 18.7 Å². The van der Waals surface area contributed by atoms with E-state index in [9.17, 15) is 14.7 Å². The number of methoxy groups -OCH3 is 1. The fourth-order valence-electron chi connectivity index (χ4n) is 4.56. The molecule has 0 aromatic heterocycles. The van der Waals surface area contributed by atoms with E-state index in [4.69, 9.17) is 4.74 Å². The number of hydrogen-bond donors (Lipinski definition) is 1. The van der Waals surface area contributed by atoms with Gasteiger partial charge in [0.2, 0.25) is 0 Å². The molecule has 1 unspecified atom stereocenters. The SMILES string of the molecule is CCCCN(CCCC)CCCN1C(=O)C(=O)/C(=C(\O)c2ccc(OC)cc2)C1c1ccccc1. The van der Waals surface area contributed by atoms with Crippen LogP contribution in [0.15, 0.2) is 60.2 Å². The van der Waals surface area contributed by atoms with Crippen LogP contribution in [0, 0.1) is 0 Å². The van der Waals surface area contributed by atoms with Crippen molar-refractivity contribution in [2.75, 3.05) is 33.3 Å². The number of carbonyl (C=O) groups excluding carboxylic acids is 2. The normalized spacial score (nSPS) is 17.4. The maximum absolute atomic E-state index is 13.2. The Morgan fingerprint density at radius 1 is 0.914 bits per heavy atom. The number of likely N-dealkylation sites (tertiary alicyclic amines) is 1. The summed E-state index contributed by atoms with van der Waals surface area (Å²) in [4.78, 5) is 30.4. The summed E-state index contributed by atoms with van der Waals surface area (Å²) in [7, 11) is 1.57. The Balaban J connectivity index is 1.88. The van der Waals surface area contributed by atoms with Crippen molar-refractivity contribution >= 4 is 17.4 Å². The first kappa shape index (κ1) is 26.5. The minimum Gasteiger partial charge on any atom is -0.507 e. The molecule has 2 aromatic carbocycles. The number of benzene rings is 2. The fourth-order valence-corrected chi connectivity index (χ4v) is 4.56. The topological polar surface area (TPSA) is 70.1 Å². The van der Waals surface area contributed by atoms with Gasteiger partial charge in [-0.25, -0.2) is 0 Å². The standard InChI is InChI=1S/C29H38N2O4/c1-4-6-18-30(19-7-5-2)20-11-21-31-26(22-12-9-8-10-13-22)25(28(33)29(31)34)27(32)23-14-16-24(35-3)17-15-23/h8-10,12-17,26,32H,4-7,11,18-21H2,1-3H3/b27-25-. The Hall–Kier alpha value is -3.12. The van der Waals surface area contributed by atoms with Gasteiger partial charge in [-0.15, -0.1) is 0 Å². The van der Waals surface area contributed by atoms with Crippen LogP contribution in [0.5, 0.6) is 5.75 Å². The number of ketones is 1. The zero-order chi connectivity index (χ0) is 25.2. The maximum Gasteiger partial charge on any atom is 0.295 e. The van der Waals surface area contributed by atoms with Gasteiger partial charge in [0.15, 0.2) is 0 Å². The first-order valence-electron chi connectivity index (χ1n) is 12.7. The Morgan fingerprint density at radius 2 is 1.51 bits per heavy atom. The molecule has 0 aliphatic carbocycles. The number of ether oxygens (including phenoxy) is 1. The molecule has 1 aliphatic rings. The molecule has 1 N–H and O–H groups in total. The van der Waals surface area contributed by atoms with Gasteiger partial charge in [-0.05, 0) is 68.7 Å². The Kier molecular flexibility index (Phi) is 9.91. The second-order valence-corrected chi connectivity index (χ2v) is 9.03. The van der Waals surface area contributed by atoms with Gasteiger partial charge in [0.25, 0.3) is 11.7 Å². The van der Waals surface area contributed by atoms with E-state index >= 15 is 0 Å². The summed E-state index contributed by atoms with van der Waals surface area (Å²) in [6, 6.07) is 15.7. The molecule has 6 nitrogen and oxygen atoms in total. The molecule has 188 valence electrons. The summed E-state index contributed by atoms with van der Waals surface area (Å²) >= 11 is 0. The molecule has 1 saturated heterocycles. The predicted octanol–water partition coefficient (Wildman–Crippen LogP) is 5.41. The van der Waals surface area contributed by atoms with Crippen LogP contribution in [0.2, 0.25) is 0 Å². The monoisotopic (exact) mass is 478 g/mol. The Bertz CT molecular complexity index is 993. The highest BCUT2D eigenvalue weighted by Crippen LogP contribution is 2.39. The smallest absolute Gasteiger partial charge is 0.295 e. The first-order valence-corrected chi connectivity index (χ1v) is 12.7. The lowest BCUT2D eigenvalue weighted by molar-refractivity contribution is -0.140. The third kappa shape index (κ3) is 6.51. The van der Waals surface area contributed by atoms with Crippen LogP contribution >= 0.6 is 0 Å². The van der Waals surface area contributed by atoms with Crippen LogP contribution < -0.4 is 4.74 Å². The summed E-state index contributed by atoms with van der Waals surface area (Å²) in [5, 5.41) is 11.2. The molecule has 0 saturated carbocycles. The maximum atomic E-state index is 13.2. The van der Waals surface area contributed by atoms with Gasteiger partial charge in [-0.1, -0.05) is 57.0 Å². The van der Waals surface area contributed by atoms with E-state index in [0.717, 1.165) is 57.3 Å². The van der Waals surface area contributed by atoms with Crippen LogP contribution in [0.3, 0.4) is 0 Å². The minimum atomic E-state index is -0.638. The first-order chi connectivity index (χ1) is 17.0. The average molecular weight is 479 g/mol. The fraction of sp³-hybridized carbons (Fsp3) is 0.448. The van der Waals surface area contributed by atoms with Crippen molar-refractivity contribution in [1.29, 1.82) is 0 Å². The number of rotatable bonds is 13. The van der Waals surface area contributed by atoms with Crippen LogP contribution in [0.25, 0.3) is 5.76 Å². The molecule has 0 spiro atoms. The number of aliphatic hydroxyl groups excluding tert-OH is 1. The highest BCUT2D eigenvalue weighted by molar-refractivity contribution is 6.46. The lowest BCUT2D eigenvalue weighted by Crippen LogP contribution is -2.34. The van der Waals surface area contributed by atoms with Gasteiger partial charge in [-0.2, -0.15) is 0 Å². The summed E-state index contributed by atoms with van der Waals surface area (Å²) < 4.78 is 5.20. The van der Waals surface area contributed by atoms with Gasteiger partial charge in [0, 0.05) is 12.1 Å². The third-order valence-electron chi connectivity index (χ3n) is 6.55. The lowest BCUT2D eigenvalue weighted by atomic mass is 9.95. The van der Waals surface area contributed by atoms with E-state index in [0.29, 0.717) is 17.9 Å². The summed E-state index contributed by atoms with van der Waals surface area (Å²) in [5.74, 6) is -0.698. The summed E-state index contributed by atoms with van der Waals surface area (Å²) in [5.41, 5.74) is 1.44. The van der Waals surface area contributed by atoms with Crippen molar-refractivity contribution in [3.05, 3.63) is 71.3 Å². The number of aliphatic hydroxyl groups is 1. The number of carbonyl (C=O) groups is 2. The van der Waals surface area contributed by atoms with Crippen LogP contribution in [0.4, 0.5) is 0 Å². The molecule has 1 fully saturated rings. The highest BCUT2D eigenvalue weighted by atomic mass is 16.5. The predicted molar refractivity (Wildman–Crippen MR) is 139 cm³/mol. The number of Topliss-reactive ketones (excluding diaryl/α,β-unsaturated/α-hetero) is 1.